The van der Waals surface area contributed by atoms with Gasteiger partial charge in [-0.25, -0.2) is 11.4 Å². The molecule has 464 valence electrons. The summed E-state index contributed by atoms with van der Waals surface area (Å²) in [6.07, 6.45) is 19.0. The molecular weight excluding hydrogens is 1020 g/mol. The number of Topliss-reactive ketones (excluding diaryl/α,β-unsaturated/α-hetero) is 2. The van der Waals surface area contributed by atoms with Crippen molar-refractivity contribution in [3.8, 4) is 0 Å². The first kappa shape index (κ1) is 52.3. The van der Waals surface area contributed by atoms with Gasteiger partial charge in [0.15, 0.2) is 17.3 Å². The number of carbonyl (C=O) groups excluding carboxylic acids is 6. The van der Waals surface area contributed by atoms with Gasteiger partial charge in [-0.1, -0.05) is 108 Å². The Bertz CT molecular complexity index is 2890. The van der Waals surface area contributed by atoms with E-state index in [1.807, 2.05) is 32.1 Å². The Balaban J connectivity index is 0. The summed E-state index contributed by atoms with van der Waals surface area (Å²) < 4.78 is 102. The largest absolute Gasteiger partial charge is 0.469 e. The second-order valence-electron chi connectivity index (χ2n) is 31.0. The molecule has 0 saturated heterocycles. The van der Waals surface area contributed by atoms with Crippen LogP contribution in [0.4, 0.5) is 0 Å². The number of allylic oxidation sites excluding steroid dienone is 6. The molecule has 7 saturated carbocycles. The van der Waals surface area contributed by atoms with E-state index >= 15 is 0 Å². The molecular formula is C69H118N2O10. The number of nitrogens with zero attached hydrogens (tertiary/aromatic N) is 2. The van der Waals surface area contributed by atoms with Gasteiger partial charge in [0.25, 0.3) is 6.04 Å². The summed E-state index contributed by atoms with van der Waals surface area (Å²) in [6, 6.07) is -0.704. The molecule has 0 spiro atoms. The van der Waals surface area contributed by atoms with Crippen molar-refractivity contribution in [2.75, 3.05) is 41.7 Å². The molecule has 81 heavy (non-hydrogen) atoms. The summed E-state index contributed by atoms with van der Waals surface area (Å²) in [6.45, 7) is 43.5. The van der Waals surface area contributed by atoms with Crippen LogP contribution in [0.2, 0.25) is 0 Å². The van der Waals surface area contributed by atoms with Crippen molar-refractivity contribution in [1.82, 2.24) is 0 Å². The highest BCUT2D eigenvalue weighted by Crippen LogP contribution is 2.77. The van der Waals surface area contributed by atoms with Gasteiger partial charge in [0, 0.05) is 92.5 Å². The van der Waals surface area contributed by atoms with Crippen molar-refractivity contribution in [1.29, 1.82) is 0 Å². The maximum atomic E-state index is 14.5. The zero-order valence-corrected chi connectivity index (χ0v) is 51.7. The molecule has 0 aromatic rings. The van der Waals surface area contributed by atoms with Crippen molar-refractivity contribution >= 4 is 35.1 Å². The van der Waals surface area contributed by atoms with Gasteiger partial charge in [0.05, 0.1) is 31.6 Å². The number of esters is 2. The van der Waals surface area contributed by atoms with E-state index in [0.717, 1.165) is 101 Å². The van der Waals surface area contributed by atoms with Crippen molar-refractivity contribution in [2.24, 2.45) is 100 Å². The van der Waals surface area contributed by atoms with Crippen LogP contribution in [0, 0.1) is 114 Å². The maximum absolute atomic E-state index is 14.5. The lowest BCUT2D eigenvalue weighted by Crippen LogP contribution is -2.67. The SMILES string of the molecule is C.[3HH].[3H][3H].[3H][3H].[3H][3H].[3H][3H].[3H][3H].[3H][3H].[3H][3H].[3H][3H].[C-]#[N+]C1=C[C@]2(C)C3=CC(=O)[C@@H]4[C@@H]5CC(C)(C)CC[C@]5(C(=O)OC)CC[C@@]4(C)[C@]3(C)CC[C@H]2[C@](C)(CCOC)C1=O.[C-]#[N+]C1C[C@]2(C)C3=CC(=O)[C@@H]4[C@@H]5CC(C)(C)CC[C@]5(C(=O)OC)CC[C@@]4(C)[C@]3(C)CC[C@H]2[C@](C)(CCOC)C1=O. The molecule has 10 aliphatic carbocycles. The third-order valence-corrected chi connectivity index (χ3v) is 26.6. The molecule has 0 heterocycles. The van der Waals surface area contributed by atoms with Crippen LogP contribution in [0.3, 0.4) is 0 Å². The van der Waals surface area contributed by atoms with Crippen LogP contribution < -0.4 is 0 Å². The van der Waals surface area contributed by atoms with Gasteiger partial charge in [-0.3, -0.25) is 24.0 Å². The monoisotopic (exact) mass is 1170 g/mol. The first-order valence-corrected chi connectivity index (χ1v) is 30.4. The van der Waals surface area contributed by atoms with E-state index in [1.165, 1.54) is 14.2 Å². The summed E-state index contributed by atoms with van der Waals surface area (Å²) in [5, 5.41) is 0. The Labute approximate surface area is 512 Å². The second kappa shape index (κ2) is 20.5. The first-order valence-electron chi connectivity index (χ1n) is 38.4. The minimum Gasteiger partial charge on any atom is -0.469 e. The van der Waals surface area contributed by atoms with Crippen LogP contribution in [0.5, 0.6) is 0 Å². The van der Waals surface area contributed by atoms with Crippen LogP contribution in [-0.4, -0.2) is 82.8 Å². The molecule has 12 heteroatoms. The number of ether oxygens (including phenoxy) is 4. The molecule has 12 nitrogen and oxygen atoms in total. The highest BCUT2D eigenvalue weighted by molar-refractivity contribution is 6.03. The number of rotatable bonds is 8. The minimum absolute atomic E-state index is 0. The zero-order chi connectivity index (χ0) is 75.0. The molecule has 7 fully saturated rings. The van der Waals surface area contributed by atoms with E-state index in [-0.39, 0.29) is 118 Å². The number of methoxy groups -OCH3 is 4. The number of ketones is 4. The number of fused-ring (bicyclic) bond motifs is 14. The number of hydrogen-bond acceptors (Lipinski definition) is 10. The summed E-state index contributed by atoms with van der Waals surface area (Å²) in [5.74, 6) is -0.672. The zero-order valence-electron chi connectivity index (χ0n) is 67.7. The van der Waals surface area contributed by atoms with Gasteiger partial charge in [0.1, 0.15) is 0 Å². The van der Waals surface area contributed by atoms with Gasteiger partial charge in [-0.05, 0) is 171 Å². The molecule has 0 amide bonds. The van der Waals surface area contributed by atoms with E-state index in [9.17, 15) is 28.8 Å². The van der Waals surface area contributed by atoms with E-state index < -0.39 is 38.5 Å². The number of carbonyl (C=O) groups is 6. The van der Waals surface area contributed by atoms with E-state index in [1.54, 1.807) is 14.2 Å². The Morgan fingerprint density at radius 1 is 0.593 bits per heavy atom. The van der Waals surface area contributed by atoms with Gasteiger partial charge < -0.3 is 28.6 Å². The highest BCUT2D eigenvalue weighted by atomic mass is 16.5. The Hall–Kier alpha value is -4.26. The summed E-state index contributed by atoms with van der Waals surface area (Å²) in [5.41, 5.74) is -2.29. The lowest BCUT2D eigenvalue weighted by atomic mass is 9.33. The Kier molecular flexibility index (Phi) is 13.2. The highest BCUT2D eigenvalue weighted by Gasteiger charge is 2.74. The standard InChI is InChI=1S/C34H49NO5.C34H47NO5.CH4.9H2/c2*1-29(2)12-14-34(28(38)40-9)15-13-33(6)26(21(34)19-29)23(36)18-25-31(4)20-22(35-7)27(37)30(3,16-17-39-8)24(31)10-11-32(25,33)5;;;;;;;;;;/h18,21-22,24,26H,10-17,19-20H2,1-6,8-9H3;18,20-21,24,26H,10-17,19H2,1-6,8-9H3;1H4;9*1H/t21-,22?,24-,26-,30-,31-,32+,33+,34-;21-,24-,26-,30-,31-,32+,33+,34-;;;;;;;;;;/m00........../s1/i;;;8*1+2T;1+2. The first-order chi connectivity index (χ1) is 45.2. The van der Waals surface area contributed by atoms with Gasteiger partial charge in [0.2, 0.25) is 11.5 Å². The molecule has 17 atom stereocenters. The van der Waals surface area contributed by atoms with E-state index in [2.05, 4.69) is 78.9 Å². The van der Waals surface area contributed by atoms with E-state index in [0.29, 0.717) is 32.5 Å². The molecule has 10 aliphatic rings. The predicted molar refractivity (Wildman–Crippen MR) is 332 cm³/mol. The summed E-state index contributed by atoms with van der Waals surface area (Å²) in [7, 11) is 6.28. The normalized spacial score (nSPS) is 46.7. The van der Waals surface area contributed by atoms with Crippen LogP contribution in [0.25, 0.3) is 9.69 Å². The molecule has 0 aliphatic heterocycles. The van der Waals surface area contributed by atoms with Crippen LogP contribution in [0.15, 0.2) is 35.1 Å². The van der Waals surface area contributed by atoms with Crippen molar-refractivity contribution < 1.29 is 72.9 Å². The quantitative estimate of drug-likeness (QED) is 0.170. The molecule has 0 aromatic heterocycles. The smallest absolute Gasteiger partial charge is 0.312 e. The predicted octanol–water partition coefficient (Wildman–Crippen LogP) is 16.2. The van der Waals surface area contributed by atoms with E-state index in [4.69, 9.17) is 55.8 Å². The minimum atomic E-state index is -0.734. The third kappa shape index (κ3) is 8.53. The molecule has 10 rings (SSSR count). The Morgan fingerprint density at radius 2 is 1.02 bits per heavy atom. The topological polar surface area (TPSA) is 148 Å². The fourth-order valence-corrected chi connectivity index (χ4v) is 21.6. The van der Waals surface area contributed by atoms with Gasteiger partial charge in [-0.2, -0.15) is 0 Å². The maximum Gasteiger partial charge on any atom is 0.312 e. The van der Waals surface area contributed by atoms with Crippen LogP contribution in [0.1, 0.15) is 225 Å². The molecule has 1 unspecified atom stereocenters. The number of hydrogen-bond donors (Lipinski definition) is 0. The molecule has 0 aromatic carbocycles. The second-order valence-corrected chi connectivity index (χ2v) is 31.0. The van der Waals surface area contributed by atoms with Gasteiger partial charge in [-0.15, -0.1) is 0 Å². The summed E-state index contributed by atoms with van der Waals surface area (Å²) in [4.78, 5) is 90.9. The molecule has 0 bridgehead atoms. The van der Waals surface area contributed by atoms with Crippen molar-refractivity contribution in [3.05, 3.63) is 57.9 Å². The van der Waals surface area contributed by atoms with Crippen molar-refractivity contribution in [3.63, 3.8) is 0 Å². The molecule has 0 N–H and O–H groups in total. The van der Waals surface area contributed by atoms with Crippen LogP contribution >= 0.6 is 0 Å². The lowest BCUT2D eigenvalue weighted by molar-refractivity contribution is -0.193. The fourth-order valence-electron chi connectivity index (χ4n) is 21.6. The summed E-state index contributed by atoms with van der Waals surface area (Å²) >= 11 is 0. The third-order valence-electron chi connectivity index (χ3n) is 26.6. The fraction of sp³-hybridized carbons (Fsp3) is 0.797. The van der Waals surface area contributed by atoms with Crippen molar-refractivity contribution in [2.45, 2.75) is 206 Å². The average molecular weight is 1170 g/mol. The Morgan fingerprint density at radius 3 is 1.47 bits per heavy atom. The van der Waals surface area contributed by atoms with Crippen LogP contribution in [-0.2, 0) is 47.7 Å². The lowest BCUT2D eigenvalue weighted by Gasteiger charge is -2.69. The van der Waals surface area contributed by atoms with Gasteiger partial charge >= 0.3 is 11.9 Å². The average Bonchev–Trinajstić information content (AvgIpc) is 0.676. The molecule has 0 radical (unpaired) electrons.